The highest BCUT2D eigenvalue weighted by molar-refractivity contribution is 5.82. The van der Waals surface area contributed by atoms with Gasteiger partial charge >= 0.3 is 12.0 Å². The summed E-state index contributed by atoms with van der Waals surface area (Å²) in [6.45, 7) is 6.50. The minimum Gasteiger partial charge on any atom is -0.480 e. The number of benzene rings is 1. The van der Waals surface area contributed by atoms with Gasteiger partial charge in [0.1, 0.15) is 6.04 Å². The third kappa shape index (κ3) is 7.34. The molecule has 116 valence electrons. The maximum Gasteiger partial charge on any atom is 0.326 e. The van der Waals surface area contributed by atoms with Gasteiger partial charge < -0.3 is 15.7 Å². The number of carbonyl (C=O) groups excluding carboxylic acids is 1. The van der Waals surface area contributed by atoms with Gasteiger partial charge in [0.05, 0.1) is 0 Å². The van der Waals surface area contributed by atoms with E-state index in [0.717, 1.165) is 12.0 Å². The topological polar surface area (TPSA) is 78.4 Å². The Kier molecular flexibility index (Phi) is 6.21. The first kappa shape index (κ1) is 17.0. The van der Waals surface area contributed by atoms with E-state index in [1.807, 2.05) is 51.1 Å². The van der Waals surface area contributed by atoms with Crippen molar-refractivity contribution in [3.63, 3.8) is 0 Å². The molecule has 0 saturated heterocycles. The van der Waals surface area contributed by atoms with Gasteiger partial charge in [-0.1, -0.05) is 51.1 Å². The van der Waals surface area contributed by atoms with Crippen molar-refractivity contribution in [2.24, 2.45) is 5.41 Å². The van der Waals surface area contributed by atoms with Crippen molar-refractivity contribution in [1.29, 1.82) is 0 Å². The van der Waals surface area contributed by atoms with E-state index in [1.165, 1.54) is 0 Å². The molecule has 1 aromatic rings. The average molecular weight is 292 g/mol. The normalized spacial score (nSPS) is 12.5. The molecule has 0 heterocycles. The quantitative estimate of drug-likeness (QED) is 0.754. The number of nitrogens with one attached hydrogen (secondary N) is 2. The molecule has 1 rings (SSSR count). The number of hydrogen-bond acceptors (Lipinski definition) is 2. The van der Waals surface area contributed by atoms with Crippen molar-refractivity contribution in [3.05, 3.63) is 35.9 Å². The van der Waals surface area contributed by atoms with Crippen molar-refractivity contribution < 1.29 is 14.7 Å². The Morgan fingerprint density at radius 1 is 1.19 bits per heavy atom. The monoisotopic (exact) mass is 292 g/mol. The first-order valence-corrected chi connectivity index (χ1v) is 7.09. The lowest BCUT2D eigenvalue weighted by atomic mass is 9.89. The third-order valence-corrected chi connectivity index (χ3v) is 3.08. The van der Waals surface area contributed by atoms with Crippen LogP contribution in [0.1, 0.15) is 39.2 Å². The number of rotatable bonds is 6. The Morgan fingerprint density at radius 3 is 2.33 bits per heavy atom. The van der Waals surface area contributed by atoms with Gasteiger partial charge in [0.2, 0.25) is 0 Å². The van der Waals surface area contributed by atoms with Crippen molar-refractivity contribution in [2.75, 3.05) is 0 Å². The van der Waals surface area contributed by atoms with Crippen LogP contribution in [0.2, 0.25) is 0 Å². The average Bonchev–Trinajstić information content (AvgIpc) is 2.41. The highest BCUT2D eigenvalue weighted by Gasteiger charge is 2.22. The predicted molar refractivity (Wildman–Crippen MR) is 81.9 cm³/mol. The van der Waals surface area contributed by atoms with Crippen LogP contribution in [0.15, 0.2) is 30.3 Å². The summed E-state index contributed by atoms with van der Waals surface area (Å²) >= 11 is 0. The number of carboxylic acid groups (broad SMARTS) is 1. The lowest BCUT2D eigenvalue weighted by Gasteiger charge is -2.21. The Morgan fingerprint density at radius 2 is 1.81 bits per heavy atom. The molecule has 0 saturated carbocycles. The second-order valence-corrected chi connectivity index (χ2v) is 6.30. The highest BCUT2D eigenvalue weighted by atomic mass is 16.4. The van der Waals surface area contributed by atoms with Crippen molar-refractivity contribution in [1.82, 2.24) is 10.6 Å². The van der Waals surface area contributed by atoms with Crippen LogP contribution < -0.4 is 10.6 Å². The number of hydrogen-bond donors (Lipinski definition) is 3. The number of carbonyl (C=O) groups is 2. The summed E-state index contributed by atoms with van der Waals surface area (Å²) in [6, 6.07) is 8.15. The summed E-state index contributed by atoms with van der Waals surface area (Å²) in [5.74, 6) is -1.01. The molecule has 0 radical (unpaired) electrons. The van der Waals surface area contributed by atoms with Crippen LogP contribution in [0.5, 0.6) is 0 Å². The zero-order valence-electron chi connectivity index (χ0n) is 12.8. The molecule has 0 bridgehead atoms. The lowest BCUT2D eigenvalue weighted by molar-refractivity contribution is -0.139. The molecule has 0 aliphatic heterocycles. The van der Waals surface area contributed by atoms with Gasteiger partial charge in [-0.2, -0.15) is 0 Å². The maximum atomic E-state index is 11.8. The Balaban J connectivity index is 2.43. The molecule has 1 atom stereocenters. The molecule has 5 nitrogen and oxygen atoms in total. The van der Waals surface area contributed by atoms with Gasteiger partial charge in [0.25, 0.3) is 0 Å². The minimum absolute atomic E-state index is 0.0376. The van der Waals surface area contributed by atoms with Crippen LogP contribution in [-0.4, -0.2) is 23.1 Å². The lowest BCUT2D eigenvalue weighted by Crippen LogP contribution is -2.46. The first-order chi connectivity index (χ1) is 9.78. The van der Waals surface area contributed by atoms with Gasteiger partial charge in [0.15, 0.2) is 0 Å². The molecule has 1 unspecified atom stereocenters. The molecule has 0 spiro atoms. The number of aliphatic carboxylic acids is 1. The van der Waals surface area contributed by atoms with Crippen LogP contribution in [-0.2, 0) is 11.3 Å². The molecule has 0 aromatic heterocycles. The van der Waals surface area contributed by atoms with Gasteiger partial charge in [-0.15, -0.1) is 0 Å². The summed E-state index contributed by atoms with van der Waals surface area (Å²) in [5, 5.41) is 14.3. The molecular weight excluding hydrogens is 268 g/mol. The van der Waals surface area contributed by atoms with Crippen LogP contribution in [0, 0.1) is 5.41 Å². The van der Waals surface area contributed by atoms with E-state index in [0.29, 0.717) is 13.0 Å². The fraction of sp³-hybridized carbons (Fsp3) is 0.500. The Labute approximate surface area is 125 Å². The molecular formula is C16H24N2O3. The third-order valence-electron chi connectivity index (χ3n) is 3.08. The second kappa shape index (κ2) is 7.67. The number of urea groups is 1. The largest absolute Gasteiger partial charge is 0.480 e. The SMILES string of the molecule is CC(C)(C)CCC(NC(=O)NCc1ccccc1)C(=O)O. The minimum atomic E-state index is -1.01. The van der Waals surface area contributed by atoms with E-state index in [2.05, 4.69) is 10.6 Å². The van der Waals surface area contributed by atoms with Crippen molar-refractivity contribution in [3.8, 4) is 0 Å². The van der Waals surface area contributed by atoms with Crippen LogP contribution >= 0.6 is 0 Å². The molecule has 0 aliphatic carbocycles. The fourth-order valence-electron chi connectivity index (χ4n) is 1.82. The predicted octanol–water partition coefficient (Wildman–Crippen LogP) is 2.77. The van der Waals surface area contributed by atoms with Gasteiger partial charge in [0, 0.05) is 6.54 Å². The molecule has 21 heavy (non-hydrogen) atoms. The van der Waals surface area contributed by atoms with E-state index in [4.69, 9.17) is 5.11 Å². The Hall–Kier alpha value is -2.04. The second-order valence-electron chi connectivity index (χ2n) is 6.30. The summed E-state index contributed by atoms with van der Waals surface area (Å²) < 4.78 is 0. The molecule has 0 aliphatic rings. The van der Waals surface area contributed by atoms with Crippen LogP contribution in [0.25, 0.3) is 0 Å². The van der Waals surface area contributed by atoms with E-state index >= 15 is 0 Å². The van der Waals surface area contributed by atoms with Crippen LogP contribution in [0.4, 0.5) is 4.79 Å². The van der Waals surface area contributed by atoms with Crippen molar-refractivity contribution in [2.45, 2.75) is 46.2 Å². The van der Waals surface area contributed by atoms with Gasteiger partial charge in [-0.25, -0.2) is 9.59 Å². The highest BCUT2D eigenvalue weighted by Crippen LogP contribution is 2.21. The van der Waals surface area contributed by atoms with E-state index in [9.17, 15) is 9.59 Å². The van der Waals surface area contributed by atoms with Crippen molar-refractivity contribution >= 4 is 12.0 Å². The van der Waals surface area contributed by atoms with Gasteiger partial charge in [-0.3, -0.25) is 0 Å². The molecule has 3 N–H and O–H groups in total. The molecule has 2 amide bonds. The van der Waals surface area contributed by atoms with Gasteiger partial charge in [-0.05, 0) is 23.8 Å². The summed E-state index contributed by atoms with van der Waals surface area (Å²) in [6.07, 6.45) is 1.14. The standard InChI is InChI=1S/C16H24N2O3/c1-16(2,3)10-9-13(14(19)20)18-15(21)17-11-12-7-5-4-6-8-12/h4-8,13H,9-11H2,1-3H3,(H,19,20)(H2,17,18,21). The maximum absolute atomic E-state index is 11.8. The van der Waals surface area contributed by atoms with E-state index in [1.54, 1.807) is 0 Å². The first-order valence-electron chi connectivity index (χ1n) is 7.09. The summed E-state index contributed by atoms with van der Waals surface area (Å²) in [7, 11) is 0. The fourth-order valence-corrected chi connectivity index (χ4v) is 1.82. The number of carboxylic acids is 1. The smallest absolute Gasteiger partial charge is 0.326 e. The molecule has 0 fully saturated rings. The number of amides is 2. The molecule has 1 aromatic carbocycles. The zero-order chi connectivity index (χ0) is 15.9. The zero-order valence-corrected chi connectivity index (χ0v) is 12.8. The summed E-state index contributed by atoms with van der Waals surface area (Å²) in [4.78, 5) is 23.0. The Bertz CT molecular complexity index is 466. The van der Waals surface area contributed by atoms with E-state index < -0.39 is 18.0 Å². The molecule has 5 heteroatoms. The van der Waals surface area contributed by atoms with Crippen LogP contribution in [0.3, 0.4) is 0 Å². The summed E-state index contributed by atoms with van der Waals surface area (Å²) in [5.41, 5.74) is 1.00. The van der Waals surface area contributed by atoms with E-state index in [-0.39, 0.29) is 5.41 Å².